The average molecular weight is 542 g/mol. The Hall–Kier alpha value is -1.39. The highest BCUT2D eigenvalue weighted by Gasteiger charge is 2.32. The van der Waals surface area contributed by atoms with E-state index in [2.05, 4.69) is 21.3 Å². The number of halogens is 1. The van der Waals surface area contributed by atoms with Crippen LogP contribution in [0.15, 0.2) is 29.3 Å². The lowest BCUT2D eigenvalue weighted by Crippen LogP contribution is -2.53. The van der Waals surface area contributed by atoms with Gasteiger partial charge in [0.15, 0.2) is 5.96 Å². The molecule has 3 fully saturated rings. The van der Waals surface area contributed by atoms with Gasteiger partial charge in [-0.05, 0) is 49.8 Å². The summed E-state index contributed by atoms with van der Waals surface area (Å²) in [6.07, 6.45) is 5.92. The molecule has 1 amide bonds. The number of amides is 1. The molecular weight excluding hydrogens is 507 g/mol. The lowest BCUT2D eigenvalue weighted by molar-refractivity contribution is -0.0817. The van der Waals surface area contributed by atoms with Crippen molar-refractivity contribution >= 4 is 35.8 Å². The van der Waals surface area contributed by atoms with Gasteiger partial charge >= 0.3 is 0 Å². The minimum atomic E-state index is 0. The smallest absolute Gasteiger partial charge is 0.253 e. The molecule has 0 saturated carbocycles. The molecule has 1 aromatic carbocycles. The van der Waals surface area contributed by atoms with E-state index < -0.39 is 0 Å². The largest absolute Gasteiger partial charge is 0.375 e. The van der Waals surface area contributed by atoms with Crippen LogP contribution in [-0.2, 0) is 16.0 Å². The second kappa shape index (κ2) is 12.0. The van der Waals surface area contributed by atoms with Crippen molar-refractivity contribution in [3.8, 4) is 0 Å². The standard InChI is InChI=1S/C23H34N4O3.HI/c1-24-23(27-12-14-30-21(17-27)20-9-6-13-29-20)25-16-18-7-5-8-19(15-18)22(28)26-10-3-2-4-11-26;/h5,7-8,15,20-21H,2-4,6,9-14,16-17H2,1H3,(H,24,25);1H. The van der Waals surface area contributed by atoms with Gasteiger partial charge in [-0.2, -0.15) is 0 Å². The number of guanidine groups is 1. The fraction of sp³-hybridized carbons (Fsp3) is 0.652. The van der Waals surface area contributed by atoms with Crippen LogP contribution < -0.4 is 5.32 Å². The Labute approximate surface area is 202 Å². The highest BCUT2D eigenvalue weighted by Crippen LogP contribution is 2.21. The van der Waals surface area contributed by atoms with E-state index in [9.17, 15) is 4.79 Å². The minimum absolute atomic E-state index is 0. The van der Waals surface area contributed by atoms with Gasteiger partial charge in [0, 0.05) is 51.9 Å². The third-order valence-electron chi connectivity index (χ3n) is 6.25. The van der Waals surface area contributed by atoms with Gasteiger partial charge in [-0.15, -0.1) is 24.0 Å². The monoisotopic (exact) mass is 542 g/mol. The highest BCUT2D eigenvalue weighted by molar-refractivity contribution is 14.0. The number of likely N-dealkylation sites (tertiary alicyclic amines) is 1. The molecule has 8 heteroatoms. The Balaban J connectivity index is 0.00000272. The second-order valence-corrected chi connectivity index (χ2v) is 8.36. The number of aliphatic imine (C=N–C) groups is 1. The summed E-state index contributed by atoms with van der Waals surface area (Å²) in [5.74, 6) is 1.02. The third kappa shape index (κ3) is 6.32. The molecule has 2 atom stereocenters. The van der Waals surface area contributed by atoms with Gasteiger partial charge in [-0.25, -0.2) is 0 Å². The normalized spacial score (nSPS) is 24.6. The number of hydrogen-bond donors (Lipinski definition) is 1. The Kier molecular flexibility index (Phi) is 9.40. The van der Waals surface area contributed by atoms with Gasteiger partial charge in [0.1, 0.15) is 6.10 Å². The maximum Gasteiger partial charge on any atom is 0.253 e. The van der Waals surface area contributed by atoms with Crippen LogP contribution in [0.25, 0.3) is 0 Å². The van der Waals surface area contributed by atoms with Gasteiger partial charge in [-0.3, -0.25) is 9.79 Å². The number of rotatable bonds is 4. The Morgan fingerprint density at radius 3 is 2.61 bits per heavy atom. The van der Waals surface area contributed by atoms with Crippen molar-refractivity contribution in [2.75, 3.05) is 46.4 Å². The summed E-state index contributed by atoms with van der Waals surface area (Å²) in [5.41, 5.74) is 1.86. The van der Waals surface area contributed by atoms with E-state index in [0.717, 1.165) is 75.6 Å². The number of morpholine rings is 1. The molecule has 172 valence electrons. The van der Waals surface area contributed by atoms with Crippen molar-refractivity contribution in [1.82, 2.24) is 15.1 Å². The van der Waals surface area contributed by atoms with Crippen LogP contribution in [0.3, 0.4) is 0 Å². The van der Waals surface area contributed by atoms with Crippen molar-refractivity contribution < 1.29 is 14.3 Å². The van der Waals surface area contributed by atoms with Crippen molar-refractivity contribution in [3.05, 3.63) is 35.4 Å². The molecule has 0 aliphatic carbocycles. The fourth-order valence-corrected chi connectivity index (χ4v) is 4.60. The first-order chi connectivity index (χ1) is 14.7. The van der Waals surface area contributed by atoms with Gasteiger partial charge < -0.3 is 24.6 Å². The zero-order chi connectivity index (χ0) is 20.8. The van der Waals surface area contributed by atoms with Crippen LogP contribution >= 0.6 is 24.0 Å². The topological polar surface area (TPSA) is 66.4 Å². The summed E-state index contributed by atoms with van der Waals surface area (Å²) in [6, 6.07) is 7.95. The Morgan fingerprint density at radius 2 is 1.87 bits per heavy atom. The predicted octanol–water partition coefficient (Wildman–Crippen LogP) is 2.89. The van der Waals surface area contributed by atoms with E-state index in [1.165, 1.54) is 6.42 Å². The first kappa shape index (κ1) is 24.3. The first-order valence-electron chi connectivity index (χ1n) is 11.3. The molecule has 0 aromatic heterocycles. The van der Waals surface area contributed by atoms with E-state index >= 15 is 0 Å². The summed E-state index contributed by atoms with van der Waals surface area (Å²) in [6.45, 7) is 5.51. The van der Waals surface area contributed by atoms with Gasteiger partial charge in [0.2, 0.25) is 0 Å². The summed E-state index contributed by atoms with van der Waals surface area (Å²) in [4.78, 5) is 21.5. The molecule has 7 nitrogen and oxygen atoms in total. The SMILES string of the molecule is CN=C(NCc1cccc(C(=O)N2CCCCC2)c1)N1CCOC(C2CCCO2)C1.I. The fourth-order valence-electron chi connectivity index (χ4n) is 4.60. The van der Waals surface area contributed by atoms with Crippen LogP contribution in [0.5, 0.6) is 0 Å². The van der Waals surface area contributed by atoms with Crippen molar-refractivity contribution in [2.24, 2.45) is 4.99 Å². The summed E-state index contributed by atoms with van der Waals surface area (Å²) in [7, 11) is 1.81. The van der Waals surface area contributed by atoms with Crippen LogP contribution in [-0.4, -0.2) is 80.3 Å². The zero-order valence-corrected chi connectivity index (χ0v) is 20.8. The molecule has 3 aliphatic rings. The molecule has 0 radical (unpaired) electrons. The molecule has 4 rings (SSSR count). The molecule has 3 aliphatic heterocycles. The molecule has 0 bridgehead atoms. The predicted molar refractivity (Wildman–Crippen MR) is 132 cm³/mol. The first-order valence-corrected chi connectivity index (χ1v) is 11.3. The number of ether oxygens (including phenoxy) is 2. The van der Waals surface area contributed by atoms with Crippen LogP contribution in [0.2, 0.25) is 0 Å². The van der Waals surface area contributed by atoms with Crippen molar-refractivity contribution in [2.45, 2.75) is 50.9 Å². The van der Waals surface area contributed by atoms with Crippen molar-refractivity contribution in [1.29, 1.82) is 0 Å². The third-order valence-corrected chi connectivity index (χ3v) is 6.25. The number of carbonyl (C=O) groups excluding carboxylic acids is 1. The average Bonchev–Trinajstić information content (AvgIpc) is 3.35. The van der Waals surface area contributed by atoms with E-state index in [1.54, 1.807) is 0 Å². The Morgan fingerprint density at radius 1 is 1.06 bits per heavy atom. The van der Waals surface area contributed by atoms with E-state index in [4.69, 9.17) is 9.47 Å². The van der Waals surface area contributed by atoms with Crippen molar-refractivity contribution in [3.63, 3.8) is 0 Å². The van der Waals surface area contributed by atoms with E-state index in [-0.39, 0.29) is 42.1 Å². The number of nitrogens with one attached hydrogen (secondary N) is 1. The Bertz CT molecular complexity index is 748. The summed E-state index contributed by atoms with van der Waals surface area (Å²) in [5, 5.41) is 3.47. The molecule has 3 saturated heterocycles. The molecule has 3 heterocycles. The van der Waals surface area contributed by atoms with E-state index in [0.29, 0.717) is 13.2 Å². The number of carbonyl (C=O) groups is 1. The second-order valence-electron chi connectivity index (χ2n) is 8.36. The molecule has 1 N–H and O–H groups in total. The minimum Gasteiger partial charge on any atom is -0.375 e. The lowest BCUT2D eigenvalue weighted by Gasteiger charge is -2.37. The van der Waals surface area contributed by atoms with Crippen LogP contribution in [0.4, 0.5) is 0 Å². The van der Waals surface area contributed by atoms with Crippen LogP contribution in [0.1, 0.15) is 48.0 Å². The van der Waals surface area contributed by atoms with E-state index in [1.807, 2.05) is 30.1 Å². The lowest BCUT2D eigenvalue weighted by atomic mass is 10.1. The highest BCUT2D eigenvalue weighted by atomic mass is 127. The maximum absolute atomic E-state index is 12.8. The molecule has 1 aromatic rings. The molecule has 0 spiro atoms. The number of benzene rings is 1. The van der Waals surface area contributed by atoms with Crippen LogP contribution in [0, 0.1) is 0 Å². The number of piperidine rings is 1. The maximum atomic E-state index is 12.8. The number of nitrogens with zero attached hydrogens (tertiary/aromatic N) is 3. The van der Waals surface area contributed by atoms with Gasteiger partial charge in [-0.1, -0.05) is 12.1 Å². The van der Waals surface area contributed by atoms with Gasteiger partial charge in [0.05, 0.1) is 12.7 Å². The summed E-state index contributed by atoms with van der Waals surface area (Å²) >= 11 is 0. The molecule has 2 unspecified atom stereocenters. The summed E-state index contributed by atoms with van der Waals surface area (Å²) < 4.78 is 11.8. The quantitative estimate of drug-likeness (QED) is 0.360. The zero-order valence-electron chi connectivity index (χ0n) is 18.4. The molecular formula is C23H35IN4O3. The number of hydrogen-bond acceptors (Lipinski definition) is 4. The molecule has 31 heavy (non-hydrogen) atoms. The van der Waals surface area contributed by atoms with Gasteiger partial charge in [0.25, 0.3) is 5.91 Å².